The number of carboxylic acids is 1. The molecule has 1 aliphatic rings. The van der Waals surface area contributed by atoms with Gasteiger partial charge in [0.05, 0.1) is 23.2 Å². The Morgan fingerprint density at radius 3 is 2.33 bits per heavy atom. The molecule has 0 bridgehead atoms. The summed E-state index contributed by atoms with van der Waals surface area (Å²) in [6, 6.07) is 4.65. The Bertz CT molecular complexity index is 1020. The van der Waals surface area contributed by atoms with Gasteiger partial charge in [-0.15, -0.1) is 5.53 Å². The van der Waals surface area contributed by atoms with E-state index in [9.17, 15) is 15.0 Å². The minimum absolute atomic E-state index is 0.00600. The first-order chi connectivity index (χ1) is 15.5. The lowest BCUT2D eigenvalue weighted by Crippen LogP contribution is -2.50. The van der Waals surface area contributed by atoms with Gasteiger partial charge in [0.1, 0.15) is 5.69 Å². The number of carboxylic acid groups (broad SMARTS) is 1. The van der Waals surface area contributed by atoms with Crippen LogP contribution in [0.4, 0.5) is 29.0 Å². The van der Waals surface area contributed by atoms with Crippen LogP contribution in [0.5, 0.6) is 0 Å². The summed E-state index contributed by atoms with van der Waals surface area (Å²) in [6.45, 7) is 12.1. The van der Waals surface area contributed by atoms with Crippen molar-refractivity contribution in [2.45, 2.75) is 59.7 Å². The Hall–Kier alpha value is -2.82. The Morgan fingerprint density at radius 2 is 1.79 bits per heavy atom. The first-order valence-electron chi connectivity index (χ1n) is 11.0. The van der Waals surface area contributed by atoms with E-state index >= 15 is 0 Å². The molecule has 0 saturated heterocycles. The zero-order chi connectivity index (χ0) is 24.4. The van der Waals surface area contributed by atoms with Crippen LogP contribution in [0.15, 0.2) is 18.2 Å². The fourth-order valence-electron chi connectivity index (χ4n) is 3.42. The van der Waals surface area contributed by atoms with E-state index in [2.05, 4.69) is 16.2 Å². The number of aromatic nitrogens is 2. The first kappa shape index (κ1) is 24.8. The average molecular weight is 478 g/mol. The number of hydrogen-bond donors (Lipinski definition) is 5. The molecule has 0 saturated carbocycles. The van der Waals surface area contributed by atoms with E-state index in [1.165, 1.54) is 12.1 Å². The number of aliphatic hydroxyl groups excluding tert-OH is 1. The van der Waals surface area contributed by atoms with Crippen LogP contribution in [0.2, 0.25) is 5.02 Å². The SMILES string of the molecule is CC(C)[C@H](CO)Nc1nc(Nc2ccc(Cl)c(C(=O)O)c2)c2c(n1)N(C(C)C)NN2C(C)C. The van der Waals surface area contributed by atoms with Crippen molar-refractivity contribution in [2.75, 3.05) is 27.3 Å². The van der Waals surface area contributed by atoms with Crippen LogP contribution in [0.25, 0.3) is 0 Å². The zero-order valence-corrected chi connectivity index (χ0v) is 20.5. The molecule has 33 heavy (non-hydrogen) atoms. The van der Waals surface area contributed by atoms with Gasteiger partial charge in [0.25, 0.3) is 0 Å². The van der Waals surface area contributed by atoms with Crippen molar-refractivity contribution < 1.29 is 15.0 Å². The van der Waals surface area contributed by atoms with E-state index in [0.29, 0.717) is 23.3 Å². The van der Waals surface area contributed by atoms with Crippen molar-refractivity contribution in [2.24, 2.45) is 5.92 Å². The maximum atomic E-state index is 11.5. The van der Waals surface area contributed by atoms with Crippen LogP contribution in [0.3, 0.4) is 0 Å². The maximum absolute atomic E-state index is 11.5. The number of aliphatic hydroxyl groups is 1. The summed E-state index contributed by atoms with van der Waals surface area (Å²) in [5, 5.41) is 29.8. The average Bonchev–Trinajstić information content (AvgIpc) is 3.13. The van der Waals surface area contributed by atoms with Gasteiger partial charge in [0, 0.05) is 17.8 Å². The van der Waals surface area contributed by atoms with E-state index < -0.39 is 5.97 Å². The van der Waals surface area contributed by atoms with E-state index in [1.807, 2.05) is 51.6 Å². The number of carbonyl (C=O) groups is 1. The van der Waals surface area contributed by atoms with Gasteiger partial charge in [-0.25, -0.2) is 4.79 Å². The highest BCUT2D eigenvalue weighted by atomic mass is 35.5. The van der Waals surface area contributed by atoms with Gasteiger partial charge in [-0.2, -0.15) is 9.97 Å². The van der Waals surface area contributed by atoms with Crippen molar-refractivity contribution in [1.29, 1.82) is 0 Å². The largest absolute Gasteiger partial charge is 0.478 e. The Kier molecular flexibility index (Phi) is 7.51. The third-order valence-electron chi connectivity index (χ3n) is 5.36. The molecule has 0 spiro atoms. The third kappa shape index (κ3) is 5.23. The van der Waals surface area contributed by atoms with Gasteiger partial charge in [-0.3, -0.25) is 10.0 Å². The number of halogens is 1. The number of aromatic carboxylic acids is 1. The molecular weight excluding hydrogens is 446 g/mol. The van der Waals surface area contributed by atoms with Crippen molar-refractivity contribution in [3.05, 3.63) is 28.8 Å². The van der Waals surface area contributed by atoms with Gasteiger partial charge < -0.3 is 20.8 Å². The molecule has 180 valence electrons. The molecule has 0 fully saturated rings. The molecule has 1 aromatic heterocycles. The number of hydrazine groups is 2. The quantitative estimate of drug-likeness (QED) is 0.363. The van der Waals surface area contributed by atoms with Gasteiger partial charge in [-0.1, -0.05) is 25.4 Å². The van der Waals surface area contributed by atoms with Crippen molar-refractivity contribution >= 4 is 46.5 Å². The molecule has 0 radical (unpaired) electrons. The summed E-state index contributed by atoms with van der Waals surface area (Å²) in [7, 11) is 0. The summed E-state index contributed by atoms with van der Waals surface area (Å²) in [6.07, 6.45) is 0. The fraction of sp³-hybridized carbons (Fsp3) is 0.500. The normalized spacial score (nSPS) is 14.3. The van der Waals surface area contributed by atoms with Crippen LogP contribution >= 0.6 is 11.6 Å². The molecule has 1 aliphatic heterocycles. The minimum atomic E-state index is -1.11. The summed E-state index contributed by atoms with van der Waals surface area (Å²) in [5.41, 5.74) is 4.63. The number of rotatable bonds is 9. The fourth-order valence-corrected chi connectivity index (χ4v) is 3.62. The number of nitrogens with zero attached hydrogens (tertiary/aromatic N) is 4. The van der Waals surface area contributed by atoms with E-state index in [0.717, 1.165) is 5.69 Å². The summed E-state index contributed by atoms with van der Waals surface area (Å²) in [5.74, 6) is 0.564. The van der Waals surface area contributed by atoms with Crippen LogP contribution in [-0.2, 0) is 0 Å². The van der Waals surface area contributed by atoms with E-state index in [1.54, 1.807) is 6.07 Å². The highest BCUT2D eigenvalue weighted by Gasteiger charge is 2.35. The molecule has 1 atom stereocenters. The summed E-state index contributed by atoms with van der Waals surface area (Å²) in [4.78, 5) is 21.0. The molecule has 1 aromatic carbocycles. The van der Waals surface area contributed by atoms with Crippen LogP contribution < -0.4 is 26.2 Å². The highest BCUT2D eigenvalue weighted by Crippen LogP contribution is 2.41. The Morgan fingerprint density at radius 1 is 1.12 bits per heavy atom. The van der Waals surface area contributed by atoms with E-state index in [-0.39, 0.29) is 41.2 Å². The van der Waals surface area contributed by atoms with Crippen LogP contribution in [0, 0.1) is 5.92 Å². The maximum Gasteiger partial charge on any atom is 0.337 e. The molecule has 5 N–H and O–H groups in total. The Balaban J connectivity index is 2.13. The number of fused-ring (bicyclic) bond motifs is 1. The number of benzene rings is 1. The zero-order valence-electron chi connectivity index (χ0n) is 19.7. The van der Waals surface area contributed by atoms with Crippen molar-refractivity contribution in [1.82, 2.24) is 15.5 Å². The van der Waals surface area contributed by atoms with E-state index in [4.69, 9.17) is 21.6 Å². The third-order valence-corrected chi connectivity index (χ3v) is 5.69. The summed E-state index contributed by atoms with van der Waals surface area (Å²) < 4.78 is 0. The lowest BCUT2D eigenvalue weighted by atomic mass is 10.1. The second-order valence-electron chi connectivity index (χ2n) is 8.90. The molecule has 0 unspecified atom stereocenters. The van der Waals surface area contributed by atoms with Gasteiger partial charge >= 0.3 is 5.97 Å². The predicted molar refractivity (Wildman–Crippen MR) is 131 cm³/mol. The predicted octanol–water partition coefficient (Wildman–Crippen LogP) is 3.86. The molecule has 2 aromatic rings. The van der Waals surface area contributed by atoms with Crippen LogP contribution in [-0.4, -0.2) is 50.9 Å². The van der Waals surface area contributed by atoms with Crippen molar-refractivity contribution in [3.8, 4) is 0 Å². The second-order valence-corrected chi connectivity index (χ2v) is 9.30. The Labute approximate surface area is 198 Å². The molecule has 11 heteroatoms. The monoisotopic (exact) mass is 477 g/mol. The van der Waals surface area contributed by atoms with Gasteiger partial charge in [0.15, 0.2) is 11.6 Å². The smallest absolute Gasteiger partial charge is 0.337 e. The van der Waals surface area contributed by atoms with Crippen LogP contribution in [0.1, 0.15) is 51.9 Å². The number of hydrogen-bond acceptors (Lipinski definition) is 9. The molecular formula is C22H32ClN7O3. The molecule has 10 nitrogen and oxygen atoms in total. The summed E-state index contributed by atoms with van der Waals surface area (Å²) >= 11 is 6.04. The van der Waals surface area contributed by atoms with Gasteiger partial charge in [0.2, 0.25) is 5.95 Å². The standard InChI is InChI=1S/C22H32ClN7O3/c1-11(2)17(10-31)25-22-26-19(24-14-7-8-16(23)15(9-14)21(32)33)18-20(27-22)30(13(5)6)28-29(18)12(3)4/h7-9,11-13,17,28,31H,10H2,1-6H3,(H,32,33)(H2,24,25,26,27)/t17-/m0/s1. The number of anilines is 5. The lowest BCUT2D eigenvalue weighted by molar-refractivity contribution is 0.0697. The molecule has 2 heterocycles. The second kappa shape index (κ2) is 9.98. The molecule has 0 amide bonds. The lowest BCUT2D eigenvalue weighted by Gasteiger charge is -2.27. The minimum Gasteiger partial charge on any atom is -0.478 e. The highest BCUT2D eigenvalue weighted by molar-refractivity contribution is 6.33. The molecule has 0 aliphatic carbocycles. The number of nitrogens with one attached hydrogen (secondary N) is 3. The topological polar surface area (TPSA) is 126 Å². The first-order valence-corrected chi connectivity index (χ1v) is 11.3. The molecule has 3 rings (SSSR count). The van der Waals surface area contributed by atoms with Gasteiger partial charge in [-0.05, 0) is 51.8 Å². The van der Waals surface area contributed by atoms with Crippen molar-refractivity contribution in [3.63, 3.8) is 0 Å².